The van der Waals surface area contributed by atoms with Gasteiger partial charge in [-0.15, -0.1) is 0 Å². The zero-order valence-electron chi connectivity index (χ0n) is 9.92. The van der Waals surface area contributed by atoms with Gasteiger partial charge in [-0.3, -0.25) is 4.79 Å². The van der Waals surface area contributed by atoms with Crippen LogP contribution in [0.5, 0.6) is 0 Å². The van der Waals surface area contributed by atoms with Gasteiger partial charge in [-0.05, 0) is 13.3 Å². The molecule has 0 aliphatic rings. The standard InChI is InChI=1S/C11H15N3O3/c1-3-4-5-9-12-11(17-13-9)8(2)14-10(15)6-7-16-14/h6-8H,3-5H2,1-2H3. The predicted molar refractivity (Wildman–Crippen MR) is 59.7 cm³/mol. The Morgan fingerprint density at radius 3 is 3.00 bits per heavy atom. The molecular formula is C11H15N3O3. The maximum atomic E-state index is 11.4. The van der Waals surface area contributed by atoms with Crippen LogP contribution in [-0.2, 0) is 6.42 Å². The van der Waals surface area contributed by atoms with E-state index in [1.54, 1.807) is 6.92 Å². The average molecular weight is 237 g/mol. The minimum absolute atomic E-state index is 0.217. The molecule has 17 heavy (non-hydrogen) atoms. The van der Waals surface area contributed by atoms with Crippen LogP contribution in [0, 0.1) is 0 Å². The number of aromatic nitrogens is 3. The van der Waals surface area contributed by atoms with Crippen molar-refractivity contribution in [2.24, 2.45) is 0 Å². The Kier molecular flexibility index (Phi) is 3.41. The lowest BCUT2D eigenvalue weighted by molar-refractivity contribution is 0.210. The van der Waals surface area contributed by atoms with Crippen LogP contribution < -0.4 is 5.56 Å². The van der Waals surface area contributed by atoms with Crippen molar-refractivity contribution in [1.29, 1.82) is 0 Å². The second-order valence-corrected chi connectivity index (χ2v) is 3.90. The molecule has 0 aromatic carbocycles. The van der Waals surface area contributed by atoms with E-state index in [0.717, 1.165) is 19.3 Å². The molecule has 0 radical (unpaired) electrons. The zero-order valence-corrected chi connectivity index (χ0v) is 9.92. The molecule has 0 saturated carbocycles. The van der Waals surface area contributed by atoms with Crippen molar-refractivity contribution in [3.05, 3.63) is 34.4 Å². The molecule has 6 heteroatoms. The van der Waals surface area contributed by atoms with E-state index in [4.69, 9.17) is 9.05 Å². The highest BCUT2D eigenvalue weighted by Crippen LogP contribution is 2.14. The van der Waals surface area contributed by atoms with Crippen LogP contribution in [0.4, 0.5) is 0 Å². The van der Waals surface area contributed by atoms with Crippen LogP contribution in [0.2, 0.25) is 0 Å². The zero-order chi connectivity index (χ0) is 12.3. The molecule has 2 rings (SSSR count). The van der Waals surface area contributed by atoms with Gasteiger partial charge in [0.1, 0.15) is 12.3 Å². The number of hydrogen-bond acceptors (Lipinski definition) is 5. The number of rotatable bonds is 5. The summed E-state index contributed by atoms with van der Waals surface area (Å²) in [4.78, 5) is 15.6. The third-order valence-electron chi connectivity index (χ3n) is 2.55. The van der Waals surface area contributed by atoms with Gasteiger partial charge in [0.25, 0.3) is 11.4 Å². The van der Waals surface area contributed by atoms with Crippen LogP contribution in [0.3, 0.4) is 0 Å². The predicted octanol–water partition coefficient (Wildman–Crippen LogP) is 1.78. The number of unbranched alkanes of at least 4 members (excludes halogenated alkanes) is 1. The number of aryl methyl sites for hydroxylation is 1. The fourth-order valence-corrected chi connectivity index (χ4v) is 1.54. The fourth-order valence-electron chi connectivity index (χ4n) is 1.54. The molecule has 1 unspecified atom stereocenters. The first kappa shape index (κ1) is 11.6. The second kappa shape index (κ2) is 4.99. The van der Waals surface area contributed by atoms with E-state index >= 15 is 0 Å². The van der Waals surface area contributed by atoms with Gasteiger partial charge in [-0.1, -0.05) is 18.5 Å². The van der Waals surface area contributed by atoms with Gasteiger partial charge in [-0.25, -0.2) is 0 Å². The lowest BCUT2D eigenvalue weighted by Crippen LogP contribution is -2.18. The summed E-state index contributed by atoms with van der Waals surface area (Å²) in [5.41, 5.74) is -0.217. The molecule has 2 heterocycles. The van der Waals surface area contributed by atoms with Crippen LogP contribution in [0.15, 0.2) is 26.2 Å². The van der Waals surface area contributed by atoms with Gasteiger partial charge in [0.15, 0.2) is 5.82 Å². The Bertz CT molecular complexity index is 526. The third-order valence-corrected chi connectivity index (χ3v) is 2.55. The average Bonchev–Trinajstić information content (AvgIpc) is 2.94. The Morgan fingerprint density at radius 2 is 2.35 bits per heavy atom. The molecule has 0 saturated heterocycles. The third kappa shape index (κ3) is 2.46. The van der Waals surface area contributed by atoms with Gasteiger partial charge in [0.2, 0.25) is 0 Å². The van der Waals surface area contributed by atoms with Crippen molar-refractivity contribution < 1.29 is 9.05 Å². The van der Waals surface area contributed by atoms with E-state index in [0.29, 0.717) is 11.7 Å². The first-order chi connectivity index (χ1) is 8.22. The summed E-state index contributed by atoms with van der Waals surface area (Å²) in [6.45, 7) is 3.88. The highest BCUT2D eigenvalue weighted by molar-refractivity contribution is 4.93. The van der Waals surface area contributed by atoms with E-state index in [9.17, 15) is 4.79 Å². The molecule has 6 nitrogen and oxygen atoms in total. The van der Waals surface area contributed by atoms with E-state index in [1.165, 1.54) is 17.1 Å². The Hall–Kier alpha value is -1.85. The first-order valence-electron chi connectivity index (χ1n) is 5.71. The van der Waals surface area contributed by atoms with Crippen LogP contribution in [-0.4, -0.2) is 14.9 Å². The van der Waals surface area contributed by atoms with Gasteiger partial charge in [0.05, 0.1) is 0 Å². The molecule has 0 spiro atoms. The highest BCUT2D eigenvalue weighted by atomic mass is 16.5. The highest BCUT2D eigenvalue weighted by Gasteiger charge is 2.18. The van der Waals surface area contributed by atoms with Gasteiger partial charge < -0.3 is 9.05 Å². The topological polar surface area (TPSA) is 74.1 Å². The van der Waals surface area contributed by atoms with Crippen molar-refractivity contribution in [2.75, 3.05) is 0 Å². The second-order valence-electron chi connectivity index (χ2n) is 3.90. The minimum atomic E-state index is -0.375. The van der Waals surface area contributed by atoms with Crippen molar-refractivity contribution in [3.8, 4) is 0 Å². The minimum Gasteiger partial charge on any atom is -0.383 e. The Morgan fingerprint density at radius 1 is 1.53 bits per heavy atom. The molecule has 92 valence electrons. The quantitative estimate of drug-likeness (QED) is 0.792. The number of hydrogen-bond donors (Lipinski definition) is 0. The van der Waals surface area contributed by atoms with Crippen LogP contribution >= 0.6 is 0 Å². The first-order valence-corrected chi connectivity index (χ1v) is 5.71. The van der Waals surface area contributed by atoms with Crippen molar-refractivity contribution >= 4 is 0 Å². The molecule has 2 aromatic rings. The Labute approximate surface area is 98.2 Å². The van der Waals surface area contributed by atoms with Gasteiger partial charge in [0, 0.05) is 12.5 Å². The van der Waals surface area contributed by atoms with E-state index in [1.807, 2.05) is 0 Å². The molecule has 2 aromatic heterocycles. The summed E-state index contributed by atoms with van der Waals surface area (Å²) >= 11 is 0. The Balaban J connectivity index is 2.15. The van der Waals surface area contributed by atoms with Crippen molar-refractivity contribution in [3.63, 3.8) is 0 Å². The largest absolute Gasteiger partial charge is 0.383 e. The molecule has 0 aliphatic carbocycles. The molecular weight excluding hydrogens is 222 g/mol. The summed E-state index contributed by atoms with van der Waals surface area (Å²) in [7, 11) is 0. The summed E-state index contributed by atoms with van der Waals surface area (Å²) in [6.07, 6.45) is 4.23. The van der Waals surface area contributed by atoms with Crippen molar-refractivity contribution in [1.82, 2.24) is 14.9 Å². The van der Waals surface area contributed by atoms with Crippen molar-refractivity contribution in [2.45, 2.75) is 39.2 Å². The molecule has 1 atom stereocenters. The maximum absolute atomic E-state index is 11.4. The van der Waals surface area contributed by atoms with Gasteiger partial charge >= 0.3 is 0 Å². The summed E-state index contributed by atoms with van der Waals surface area (Å²) in [5, 5.41) is 3.87. The monoisotopic (exact) mass is 237 g/mol. The van der Waals surface area contributed by atoms with Crippen LogP contribution in [0.25, 0.3) is 0 Å². The number of nitrogens with zero attached hydrogens (tertiary/aromatic N) is 3. The SMILES string of the molecule is CCCCc1noc(C(C)n2occc2=O)n1. The van der Waals surface area contributed by atoms with Crippen LogP contribution in [0.1, 0.15) is 44.4 Å². The van der Waals surface area contributed by atoms with E-state index < -0.39 is 0 Å². The maximum Gasteiger partial charge on any atom is 0.283 e. The van der Waals surface area contributed by atoms with E-state index in [-0.39, 0.29) is 11.6 Å². The van der Waals surface area contributed by atoms with E-state index in [2.05, 4.69) is 17.1 Å². The molecule has 0 N–H and O–H groups in total. The molecule has 0 bridgehead atoms. The molecule has 0 amide bonds. The normalized spacial score (nSPS) is 12.8. The summed E-state index contributed by atoms with van der Waals surface area (Å²) < 4.78 is 11.4. The summed E-state index contributed by atoms with van der Waals surface area (Å²) in [6, 6.07) is 0.977. The molecule has 0 fully saturated rings. The smallest absolute Gasteiger partial charge is 0.283 e. The summed E-state index contributed by atoms with van der Waals surface area (Å²) in [5.74, 6) is 1.07. The molecule has 0 aliphatic heterocycles. The fraction of sp³-hybridized carbons (Fsp3) is 0.545. The lowest BCUT2D eigenvalue weighted by atomic mass is 10.2. The lowest BCUT2D eigenvalue weighted by Gasteiger charge is -2.03. The van der Waals surface area contributed by atoms with Gasteiger partial charge in [-0.2, -0.15) is 9.72 Å².